The largest absolute Gasteiger partial charge is 0.478 e. The van der Waals surface area contributed by atoms with E-state index in [1.165, 1.54) is 12.1 Å². The van der Waals surface area contributed by atoms with Gasteiger partial charge in [-0.2, -0.15) is 0 Å². The molecule has 0 aliphatic rings. The number of hydrogen-bond donors (Lipinski definition) is 2. The Morgan fingerprint density at radius 1 is 1.05 bits per heavy atom. The van der Waals surface area contributed by atoms with Gasteiger partial charge in [-0.1, -0.05) is 6.07 Å². The lowest BCUT2D eigenvalue weighted by molar-refractivity contribution is 0.0692. The quantitative estimate of drug-likeness (QED) is 0.902. The molecule has 104 valence electrons. The highest BCUT2D eigenvalue weighted by atomic mass is 19.1. The molecule has 3 nitrogen and oxygen atoms in total. The molecule has 0 aliphatic heterocycles. The van der Waals surface area contributed by atoms with Crippen LogP contribution in [0, 0.1) is 17.5 Å². The molecule has 2 N–H and O–H groups in total. The highest BCUT2D eigenvalue weighted by molar-refractivity contribution is 5.87. The zero-order valence-corrected chi connectivity index (χ0v) is 10.2. The van der Waals surface area contributed by atoms with Crippen LogP contribution in [0.3, 0.4) is 0 Å². The second-order valence-corrected chi connectivity index (χ2v) is 4.10. The van der Waals surface area contributed by atoms with Crippen molar-refractivity contribution >= 4 is 11.7 Å². The number of rotatable bonds is 4. The van der Waals surface area contributed by atoms with Gasteiger partial charge in [0.05, 0.1) is 11.3 Å². The first kappa shape index (κ1) is 13.9. The average molecular weight is 281 g/mol. The van der Waals surface area contributed by atoms with Gasteiger partial charge in [-0.15, -0.1) is 0 Å². The van der Waals surface area contributed by atoms with Gasteiger partial charge in [-0.05, 0) is 29.8 Å². The van der Waals surface area contributed by atoms with Gasteiger partial charge >= 0.3 is 5.97 Å². The molecule has 0 atom stereocenters. The topological polar surface area (TPSA) is 49.3 Å². The number of halogens is 3. The summed E-state index contributed by atoms with van der Waals surface area (Å²) in [6.45, 7) is 0.0827. The first-order valence-electron chi connectivity index (χ1n) is 5.68. The van der Waals surface area contributed by atoms with Gasteiger partial charge in [0.1, 0.15) is 17.5 Å². The fourth-order valence-corrected chi connectivity index (χ4v) is 1.67. The van der Waals surface area contributed by atoms with Crippen molar-refractivity contribution in [1.82, 2.24) is 0 Å². The lowest BCUT2D eigenvalue weighted by Crippen LogP contribution is -2.05. The first-order chi connectivity index (χ1) is 9.47. The van der Waals surface area contributed by atoms with Crippen molar-refractivity contribution in [3.8, 4) is 0 Å². The molecule has 0 bridgehead atoms. The molecule has 0 spiro atoms. The predicted octanol–water partition coefficient (Wildman–Crippen LogP) is 3.41. The summed E-state index contributed by atoms with van der Waals surface area (Å²) >= 11 is 0. The first-order valence-corrected chi connectivity index (χ1v) is 5.68. The van der Waals surface area contributed by atoms with Crippen LogP contribution in [0.4, 0.5) is 18.9 Å². The normalized spacial score (nSPS) is 10.3. The average Bonchev–Trinajstić information content (AvgIpc) is 2.37. The summed E-state index contributed by atoms with van der Waals surface area (Å²) in [7, 11) is 0. The molecule has 0 fully saturated rings. The van der Waals surface area contributed by atoms with E-state index >= 15 is 0 Å². The van der Waals surface area contributed by atoms with Crippen LogP contribution in [-0.4, -0.2) is 11.1 Å². The van der Waals surface area contributed by atoms with Crippen LogP contribution in [-0.2, 0) is 6.54 Å². The van der Waals surface area contributed by atoms with Gasteiger partial charge in [-0.25, -0.2) is 18.0 Å². The zero-order chi connectivity index (χ0) is 14.7. The van der Waals surface area contributed by atoms with Crippen LogP contribution in [0.25, 0.3) is 0 Å². The van der Waals surface area contributed by atoms with Crippen molar-refractivity contribution in [3.05, 3.63) is 65.0 Å². The maximum atomic E-state index is 13.4. The predicted molar refractivity (Wildman–Crippen MR) is 67.0 cm³/mol. The molecule has 6 heteroatoms. The number of anilines is 1. The number of nitrogens with one attached hydrogen (secondary N) is 1. The number of benzene rings is 2. The van der Waals surface area contributed by atoms with Gasteiger partial charge in [0.25, 0.3) is 0 Å². The van der Waals surface area contributed by atoms with Crippen molar-refractivity contribution in [2.24, 2.45) is 0 Å². The fourth-order valence-electron chi connectivity index (χ4n) is 1.67. The van der Waals surface area contributed by atoms with Gasteiger partial charge in [0.15, 0.2) is 0 Å². The third kappa shape index (κ3) is 3.09. The molecule has 2 aromatic rings. The van der Waals surface area contributed by atoms with E-state index in [1.807, 2.05) is 0 Å². The summed E-state index contributed by atoms with van der Waals surface area (Å²) in [6.07, 6.45) is 0. The molecule has 0 saturated heterocycles. The molecule has 0 unspecified atom stereocenters. The number of carboxylic acid groups (broad SMARTS) is 1. The maximum absolute atomic E-state index is 13.4. The highest BCUT2D eigenvalue weighted by Gasteiger charge is 2.10. The van der Waals surface area contributed by atoms with E-state index in [4.69, 9.17) is 5.11 Å². The SMILES string of the molecule is O=C(O)c1ccc(CNc2ccc(F)cc2F)cc1F. The third-order valence-electron chi connectivity index (χ3n) is 2.68. The molecule has 0 saturated carbocycles. The van der Waals surface area contributed by atoms with E-state index in [0.29, 0.717) is 5.56 Å². The smallest absolute Gasteiger partial charge is 0.338 e. The van der Waals surface area contributed by atoms with E-state index in [2.05, 4.69) is 5.32 Å². The van der Waals surface area contributed by atoms with Crippen molar-refractivity contribution in [1.29, 1.82) is 0 Å². The van der Waals surface area contributed by atoms with Gasteiger partial charge < -0.3 is 10.4 Å². The van der Waals surface area contributed by atoms with Crippen molar-refractivity contribution in [3.63, 3.8) is 0 Å². The molecule has 0 heterocycles. The van der Waals surface area contributed by atoms with E-state index in [9.17, 15) is 18.0 Å². The molecular weight excluding hydrogens is 271 g/mol. The standard InChI is InChI=1S/C14H10F3NO2/c15-9-2-4-13(12(17)6-9)18-7-8-1-3-10(14(19)20)11(16)5-8/h1-6,18H,7H2,(H,19,20). The molecule has 2 rings (SSSR count). The minimum Gasteiger partial charge on any atom is -0.478 e. The number of carbonyl (C=O) groups is 1. The molecule has 2 aromatic carbocycles. The Balaban J connectivity index is 2.11. The summed E-state index contributed by atoms with van der Waals surface area (Å²) in [6, 6.07) is 6.66. The number of carboxylic acids is 1. The van der Waals surface area contributed by atoms with E-state index in [-0.39, 0.29) is 12.2 Å². The number of aromatic carboxylic acids is 1. The van der Waals surface area contributed by atoms with Gasteiger partial charge in [-0.3, -0.25) is 0 Å². The summed E-state index contributed by atoms with van der Waals surface area (Å²) in [5, 5.41) is 11.4. The highest BCUT2D eigenvalue weighted by Crippen LogP contribution is 2.17. The van der Waals surface area contributed by atoms with Gasteiger partial charge in [0.2, 0.25) is 0 Å². The molecule has 0 aromatic heterocycles. The monoisotopic (exact) mass is 281 g/mol. The number of hydrogen-bond acceptors (Lipinski definition) is 2. The third-order valence-corrected chi connectivity index (χ3v) is 2.68. The minimum atomic E-state index is -1.36. The summed E-state index contributed by atoms with van der Waals surface area (Å²) in [5.74, 6) is -3.67. The maximum Gasteiger partial charge on any atom is 0.338 e. The van der Waals surface area contributed by atoms with Crippen LogP contribution in [0.1, 0.15) is 15.9 Å². The fraction of sp³-hybridized carbons (Fsp3) is 0.0714. The molecule has 0 radical (unpaired) electrons. The summed E-state index contributed by atoms with van der Waals surface area (Å²) in [5.41, 5.74) is 0.0899. The van der Waals surface area contributed by atoms with Crippen LogP contribution >= 0.6 is 0 Å². The summed E-state index contributed by atoms with van der Waals surface area (Å²) < 4.78 is 39.5. The lowest BCUT2D eigenvalue weighted by atomic mass is 10.1. The Morgan fingerprint density at radius 2 is 1.80 bits per heavy atom. The Labute approximate surface area is 112 Å². The Morgan fingerprint density at radius 3 is 2.40 bits per heavy atom. The molecule has 0 aliphatic carbocycles. The second-order valence-electron chi connectivity index (χ2n) is 4.10. The van der Waals surface area contributed by atoms with E-state index < -0.39 is 29.0 Å². The Bertz CT molecular complexity index is 659. The van der Waals surface area contributed by atoms with E-state index in [0.717, 1.165) is 24.3 Å². The Hall–Kier alpha value is -2.50. The Kier molecular flexibility index (Phi) is 3.93. The summed E-state index contributed by atoms with van der Waals surface area (Å²) in [4.78, 5) is 10.6. The van der Waals surface area contributed by atoms with Crippen molar-refractivity contribution in [2.45, 2.75) is 6.54 Å². The minimum absolute atomic E-state index is 0.0779. The van der Waals surface area contributed by atoms with Crippen molar-refractivity contribution in [2.75, 3.05) is 5.32 Å². The van der Waals surface area contributed by atoms with Crippen LogP contribution in [0.15, 0.2) is 36.4 Å². The molecule has 20 heavy (non-hydrogen) atoms. The van der Waals surface area contributed by atoms with Gasteiger partial charge in [0, 0.05) is 12.6 Å². The molecule has 0 amide bonds. The van der Waals surface area contributed by atoms with Crippen LogP contribution in [0.2, 0.25) is 0 Å². The zero-order valence-electron chi connectivity index (χ0n) is 10.2. The molecular formula is C14H10F3NO2. The van der Waals surface area contributed by atoms with Crippen LogP contribution < -0.4 is 5.32 Å². The van der Waals surface area contributed by atoms with Crippen molar-refractivity contribution < 1.29 is 23.1 Å². The van der Waals surface area contributed by atoms with Crippen LogP contribution in [0.5, 0.6) is 0 Å². The van der Waals surface area contributed by atoms with E-state index in [1.54, 1.807) is 0 Å². The second kappa shape index (κ2) is 5.64. The lowest BCUT2D eigenvalue weighted by Gasteiger charge is -2.08.